The van der Waals surface area contributed by atoms with Crippen LogP contribution in [0, 0.1) is 11.3 Å². The number of anilines is 2. The number of nitrogens with two attached hydrogens (primary N) is 1. The van der Waals surface area contributed by atoms with Gasteiger partial charge in [-0.3, -0.25) is 0 Å². The van der Waals surface area contributed by atoms with Crippen molar-refractivity contribution < 1.29 is 4.42 Å². The molecular formula is C10H9N5O. The molecule has 0 radical (unpaired) electrons. The predicted molar refractivity (Wildman–Crippen MR) is 58.4 cm³/mol. The lowest BCUT2D eigenvalue weighted by molar-refractivity contribution is 0.580. The molecule has 2 aromatic rings. The summed E-state index contributed by atoms with van der Waals surface area (Å²) in [4.78, 5) is 7.93. The van der Waals surface area contributed by atoms with Gasteiger partial charge in [0.2, 0.25) is 5.95 Å². The highest BCUT2D eigenvalue weighted by molar-refractivity contribution is 5.70. The van der Waals surface area contributed by atoms with E-state index < -0.39 is 0 Å². The Morgan fingerprint density at radius 3 is 2.88 bits per heavy atom. The lowest BCUT2D eigenvalue weighted by Crippen LogP contribution is -2.05. The van der Waals surface area contributed by atoms with Crippen LogP contribution in [0.15, 0.2) is 22.8 Å². The second-order valence-corrected chi connectivity index (χ2v) is 2.99. The molecule has 0 aliphatic rings. The van der Waals surface area contributed by atoms with E-state index in [0.29, 0.717) is 22.8 Å². The van der Waals surface area contributed by atoms with Gasteiger partial charge in [0, 0.05) is 7.05 Å². The maximum absolute atomic E-state index is 9.07. The molecule has 3 N–H and O–H groups in total. The average molecular weight is 215 g/mol. The molecule has 0 bridgehead atoms. The Bertz CT molecular complexity index is 541. The number of nitrogens with zero attached hydrogens (tertiary/aromatic N) is 3. The van der Waals surface area contributed by atoms with Crippen molar-refractivity contribution >= 4 is 11.8 Å². The number of nitrogens with one attached hydrogen (secondary N) is 1. The van der Waals surface area contributed by atoms with Gasteiger partial charge in [0.15, 0.2) is 5.76 Å². The van der Waals surface area contributed by atoms with Gasteiger partial charge in [-0.15, -0.1) is 0 Å². The average Bonchev–Trinajstić information content (AvgIpc) is 2.81. The second kappa shape index (κ2) is 3.90. The Hall–Kier alpha value is -2.55. The smallest absolute Gasteiger partial charge is 0.222 e. The highest BCUT2D eigenvalue weighted by Gasteiger charge is 2.15. The maximum Gasteiger partial charge on any atom is 0.222 e. The molecular weight excluding hydrogens is 206 g/mol. The number of hydrogen-bond donors (Lipinski definition) is 2. The molecule has 0 spiro atoms. The van der Waals surface area contributed by atoms with Crippen molar-refractivity contribution in [3.63, 3.8) is 0 Å². The van der Waals surface area contributed by atoms with E-state index in [-0.39, 0.29) is 5.95 Å². The molecule has 0 aliphatic carbocycles. The van der Waals surface area contributed by atoms with E-state index in [1.165, 1.54) is 6.26 Å². The molecule has 0 atom stereocenters. The quantitative estimate of drug-likeness (QED) is 0.781. The molecule has 80 valence electrons. The molecule has 6 nitrogen and oxygen atoms in total. The summed E-state index contributed by atoms with van der Waals surface area (Å²) in [7, 11) is 1.66. The van der Waals surface area contributed by atoms with E-state index >= 15 is 0 Å². The third-order valence-electron chi connectivity index (χ3n) is 2.03. The molecule has 2 heterocycles. The van der Waals surface area contributed by atoms with Crippen LogP contribution in [0.2, 0.25) is 0 Å². The lowest BCUT2D eigenvalue weighted by atomic mass is 10.2. The first-order valence-electron chi connectivity index (χ1n) is 4.55. The number of rotatable bonds is 2. The van der Waals surface area contributed by atoms with Crippen molar-refractivity contribution in [1.29, 1.82) is 5.26 Å². The Kier molecular flexibility index (Phi) is 2.44. The standard InChI is InChI=1S/C10H9N5O/c1-13-9-6(5-11)8(14-10(12)15-9)7-3-2-4-16-7/h2-4H,1H3,(H3,12,13,14,15). The molecule has 0 fully saturated rings. The Labute approximate surface area is 91.7 Å². The first-order chi connectivity index (χ1) is 7.76. The number of nitriles is 1. The Morgan fingerprint density at radius 1 is 1.50 bits per heavy atom. The molecule has 0 saturated heterocycles. The fourth-order valence-electron chi connectivity index (χ4n) is 1.36. The van der Waals surface area contributed by atoms with Gasteiger partial charge in [-0.25, -0.2) is 4.98 Å². The van der Waals surface area contributed by atoms with E-state index in [2.05, 4.69) is 15.3 Å². The van der Waals surface area contributed by atoms with Crippen molar-refractivity contribution in [3.8, 4) is 17.5 Å². The van der Waals surface area contributed by atoms with Gasteiger partial charge in [-0.05, 0) is 12.1 Å². The summed E-state index contributed by atoms with van der Waals surface area (Å²) in [6.07, 6.45) is 1.51. The highest BCUT2D eigenvalue weighted by Crippen LogP contribution is 2.26. The van der Waals surface area contributed by atoms with Gasteiger partial charge in [0.25, 0.3) is 0 Å². The van der Waals surface area contributed by atoms with Crippen LogP contribution in [0.25, 0.3) is 11.5 Å². The van der Waals surface area contributed by atoms with Gasteiger partial charge < -0.3 is 15.5 Å². The van der Waals surface area contributed by atoms with Crippen molar-refractivity contribution in [1.82, 2.24) is 9.97 Å². The molecule has 6 heteroatoms. The monoisotopic (exact) mass is 215 g/mol. The van der Waals surface area contributed by atoms with Crippen LogP contribution in [-0.2, 0) is 0 Å². The molecule has 2 rings (SSSR count). The summed E-state index contributed by atoms with van der Waals surface area (Å²) < 4.78 is 5.19. The molecule has 0 amide bonds. The van der Waals surface area contributed by atoms with Gasteiger partial charge in [-0.1, -0.05) is 0 Å². The molecule has 16 heavy (non-hydrogen) atoms. The molecule has 0 aromatic carbocycles. The van der Waals surface area contributed by atoms with Crippen molar-refractivity contribution in [2.75, 3.05) is 18.1 Å². The van der Waals surface area contributed by atoms with Gasteiger partial charge >= 0.3 is 0 Å². The Morgan fingerprint density at radius 2 is 2.31 bits per heavy atom. The molecule has 0 unspecified atom stereocenters. The van der Waals surface area contributed by atoms with Crippen LogP contribution in [0.4, 0.5) is 11.8 Å². The molecule has 2 aromatic heterocycles. The van der Waals surface area contributed by atoms with Crippen LogP contribution in [-0.4, -0.2) is 17.0 Å². The summed E-state index contributed by atoms with van der Waals surface area (Å²) in [6.45, 7) is 0. The predicted octanol–water partition coefficient (Wildman–Crippen LogP) is 1.23. The highest BCUT2D eigenvalue weighted by atomic mass is 16.3. The normalized spacial score (nSPS) is 9.75. The topological polar surface area (TPSA) is 101 Å². The summed E-state index contributed by atoms with van der Waals surface area (Å²) >= 11 is 0. The fourth-order valence-corrected chi connectivity index (χ4v) is 1.36. The third kappa shape index (κ3) is 1.54. The zero-order valence-corrected chi connectivity index (χ0v) is 8.56. The van der Waals surface area contributed by atoms with Crippen LogP contribution >= 0.6 is 0 Å². The minimum absolute atomic E-state index is 0.0924. The van der Waals surface area contributed by atoms with E-state index in [9.17, 15) is 0 Å². The van der Waals surface area contributed by atoms with Crippen molar-refractivity contribution in [2.45, 2.75) is 0 Å². The SMILES string of the molecule is CNc1nc(N)nc(-c2ccco2)c1C#N. The summed E-state index contributed by atoms with van der Waals surface area (Å²) in [5.41, 5.74) is 6.26. The van der Waals surface area contributed by atoms with Gasteiger partial charge in [0.1, 0.15) is 23.1 Å². The summed E-state index contributed by atoms with van der Waals surface area (Å²) in [6, 6.07) is 5.45. The fraction of sp³-hybridized carbons (Fsp3) is 0.100. The van der Waals surface area contributed by atoms with E-state index in [0.717, 1.165) is 0 Å². The second-order valence-electron chi connectivity index (χ2n) is 2.99. The zero-order valence-electron chi connectivity index (χ0n) is 8.56. The first kappa shape index (κ1) is 9.98. The number of aromatic nitrogens is 2. The largest absolute Gasteiger partial charge is 0.463 e. The van der Waals surface area contributed by atoms with Crippen molar-refractivity contribution in [3.05, 3.63) is 24.0 Å². The van der Waals surface area contributed by atoms with Crippen LogP contribution in [0.5, 0.6) is 0 Å². The zero-order chi connectivity index (χ0) is 11.5. The number of hydrogen-bond acceptors (Lipinski definition) is 6. The van der Waals surface area contributed by atoms with Crippen molar-refractivity contribution in [2.24, 2.45) is 0 Å². The minimum Gasteiger partial charge on any atom is -0.463 e. The van der Waals surface area contributed by atoms with Gasteiger partial charge in [0.05, 0.1) is 6.26 Å². The maximum atomic E-state index is 9.07. The minimum atomic E-state index is 0.0924. The van der Waals surface area contributed by atoms with Crippen LogP contribution in [0.1, 0.15) is 5.56 Å². The lowest BCUT2D eigenvalue weighted by Gasteiger charge is -2.06. The third-order valence-corrected chi connectivity index (χ3v) is 2.03. The first-order valence-corrected chi connectivity index (χ1v) is 4.55. The van der Waals surface area contributed by atoms with Crippen LogP contribution in [0.3, 0.4) is 0 Å². The van der Waals surface area contributed by atoms with E-state index in [1.807, 2.05) is 6.07 Å². The molecule has 0 aliphatic heterocycles. The van der Waals surface area contributed by atoms with E-state index in [4.69, 9.17) is 15.4 Å². The Balaban J connectivity index is 2.69. The number of nitrogen functional groups attached to an aromatic ring is 1. The number of furan rings is 1. The van der Waals surface area contributed by atoms with Crippen LogP contribution < -0.4 is 11.1 Å². The molecule has 0 saturated carbocycles. The van der Waals surface area contributed by atoms with E-state index in [1.54, 1.807) is 19.2 Å². The summed E-state index contributed by atoms with van der Waals surface area (Å²) in [5.74, 6) is 0.971. The van der Waals surface area contributed by atoms with Gasteiger partial charge in [-0.2, -0.15) is 10.2 Å². The summed E-state index contributed by atoms with van der Waals surface area (Å²) in [5, 5.41) is 11.9.